The van der Waals surface area contributed by atoms with Crippen LogP contribution in [0.3, 0.4) is 0 Å². The van der Waals surface area contributed by atoms with Crippen LogP contribution in [0.1, 0.15) is 51.4 Å². The first-order chi connectivity index (χ1) is 9.28. The number of nitrogens with one attached hydrogen (secondary N) is 1. The lowest BCUT2D eigenvalue weighted by atomic mass is 9.78. The molecule has 3 aliphatic carbocycles. The summed E-state index contributed by atoms with van der Waals surface area (Å²) in [5.41, 5.74) is 0.181. The van der Waals surface area contributed by atoms with Crippen LogP contribution in [0.25, 0.3) is 0 Å². The van der Waals surface area contributed by atoms with Crippen molar-refractivity contribution in [3.63, 3.8) is 0 Å². The molecule has 0 radical (unpaired) electrons. The van der Waals surface area contributed by atoms with Crippen LogP contribution in [0.15, 0.2) is 0 Å². The zero-order valence-corrected chi connectivity index (χ0v) is 11.9. The van der Waals surface area contributed by atoms with Gasteiger partial charge in [-0.25, -0.2) is 0 Å². The van der Waals surface area contributed by atoms with Gasteiger partial charge in [0.25, 0.3) is 0 Å². The molecule has 0 aromatic heterocycles. The van der Waals surface area contributed by atoms with Gasteiger partial charge in [-0.3, -0.25) is 4.79 Å². The highest BCUT2D eigenvalue weighted by atomic mass is 16.2. The molecule has 4 rings (SSSR count). The number of fused-ring (bicyclic) bond motifs is 1. The van der Waals surface area contributed by atoms with Crippen molar-refractivity contribution in [2.45, 2.75) is 56.9 Å². The largest absolute Gasteiger partial charge is 0.334 e. The molecule has 1 saturated heterocycles. The number of rotatable bonds is 1. The molecule has 1 aliphatic heterocycles. The molecule has 106 valence electrons. The summed E-state index contributed by atoms with van der Waals surface area (Å²) < 4.78 is 0. The van der Waals surface area contributed by atoms with Crippen LogP contribution in [-0.4, -0.2) is 36.0 Å². The maximum atomic E-state index is 12.9. The van der Waals surface area contributed by atoms with Gasteiger partial charge in [-0.15, -0.1) is 0 Å². The molecule has 4 fully saturated rings. The molecule has 0 aromatic rings. The third kappa shape index (κ3) is 2.01. The van der Waals surface area contributed by atoms with Crippen LogP contribution >= 0.6 is 0 Å². The summed E-state index contributed by atoms with van der Waals surface area (Å²) in [4.78, 5) is 15.3. The Kier molecular flexibility index (Phi) is 2.87. The summed E-state index contributed by atoms with van der Waals surface area (Å²) in [6.07, 6.45) is 10.2. The first-order valence-electron chi connectivity index (χ1n) is 8.31. The number of carbonyl (C=O) groups is 1. The summed E-state index contributed by atoms with van der Waals surface area (Å²) in [5.74, 6) is 2.72. The van der Waals surface area contributed by atoms with Gasteiger partial charge in [-0.05, 0) is 43.9 Å². The molecule has 2 atom stereocenters. The van der Waals surface area contributed by atoms with Crippen molar-refractivity contribution in [3.05, 3.63) is 0 Å². The molecule has 1 heterocycles. The standard InChI is InChI=1S/C16H26N2O/c19-15(14-9-12-8-13(12)10-14)18-7-6-17-11-16(18)4-2-1-3-5-16/h12-14,17H,1-11H2. The van der Waals surface area contributed by atoms with Gasteiger partial charge in [0.2, 0.25) is 5.91 Å². The van der Waals surface area contributed by atoms with E-state index in [2.05, 4.69) is 10.2 Å². The highest BCUT2D eigenvalue weighted by Crippen LogP contribution is 2.55. The number of piperazine rings is 1. The fraction of sp³-hybridized carbons (Fsp3) is 0.938. The Morgan fingerprint density at radius 2 is 1.79 bits per heavy atom. The van der Waals surface area contributed by atoms with Crippen molar-refractivity contribution >= 4 is 5.91 Å². The van der Waals surface area contributed by atoms with E-state index in [-0.39, 0.29) is 5.54 Å². The molecule has 4 aliphatic rings. The van der Waals surface area contributed by atoms with Crippen molar-refractivity contribution in [1.82, 2.24) is 10.2 Å². The molecule has 3 saturated carbocycles. The maximum absolute atomic E-state index is 12.9. The van der Waals surface area contributed by atoms with Gasteiger partial charge in [-0.1, -0.05) is 19.3 Å². The summed E-state index contributed by atoms with van der Waals surface area (Å²) in [7, 11) is 0. The van der Waals surface area contributed by atoms with Gasteiger partial charge < -0.3 is 10.2 Å². The van der Waals surface area contributed by atoms with Crippen LogP contribution in [-0.2, 0) is 4.79 Å². The van der Waals surface area contributed by atoms with Crippen molar-refractivity contribution < 1.29 is 4.79 Å². The topological polar surface area (TPSA) is 32.3 Å². The number of hydrogen-bond acceptors (Lipinski definition) is 2. The minimum absolute atomic E-state index is 0.181. The fourth-order valence-electron chi connectivity index (χ4n) is 4.98. The van der Waals surface area contributed by atoms with Crippen LogP contribution in [0, 0.1) is 17.8 Å². The summed E-state index contributed by atoms with van der Waals surface area (Å²) in [5, 5.41) is 3.54. The quantitative estimate of drug-likeness (QED) is 0.785. The molecule has 1 N–H and O–H groups in total. The molecule has 3 nitrogen and oxygen atoms in total. The molecular weight excluding hydrogens is 236 g/mol. The Hall–Kier alpha value is -0.570. The van der Waals surface area contributed by atoms with Crippen molar-refractivity contribution in [2.75, 3.05) is 19.6 Å². The molecule has 0 bridgehead atoms. The third-order valence-electron chi connectivity index (χ3n) is 6.18. The van der Waals surface area contributed by atoms with E-state index in [0.29, 0.717) is 11.8 Å². The first-order valence-corrected chi connectivity index (χ1v) is 8.31. The predicted molar refractivity (Wildman–Crippen MR) is 74.7 cm³/mol. The molecular formula is C16H26N2O. The minimum atomic E-state index is 0.181. The van der Waals surface area contributed by atoms with E-state index in [1.807, 2.05) is 0 Å². The molecule has 0 aromatic carbocycles. The molecule has 1 spiro atoms. The lowest BCUT2D eigenvalue weighted by molar-refractivity contribution is -0.145. The van der Waals surface area contributed by atoms with Crippen LogP contribution < -0.4 is 5.32 Å². The molecule has 3 heteroatoms. The van der Waals surface area contributed by atoms with E-state index in [4.69, 9.17) is 0 Å². The summed E-state index contributed by atoms with van der Waals surface area (Å²) in [6, 6.07) is 0. The second kappa shape index (κ2) is 4.47. The highest BCUT2D eigenvalue weighted by molar-refractivity contribution is 5.80. The second-order valence-electron chi connectivity index (χ2n) is 7.38. The Balaban J connectivity index is 1.51. The van der Waals surface area contributed by atoms with Crippen LogP contribution in [0.4, 0.5) is 0 Å². The maximum Gasteiger partial charge on any atom is 0.226 e. The lowest BCUT2D eigenvalue weighted by Gasteiger charge is -2.50. The number of nitrogens with zero attached hydrogens (tertiary/aromatic N) is 1. The monoisotopic (exact) mass is 262 g/mol. The van der Waals surface area contributed by atoms with Gasteiger partial charge in [0, 0.05) is 25.6 Å². The first kappa shape index (κ1) is 12.2. The highest BCUT2D eigenvalue weighted by Gasteiger charge is 2.51. The number of carbonyl (C=O) groups excluding carboxylic acids is 1. The van der Waals surface area contributed by atoms with Gasteiger partial charge in [0.05, 0.1) is 5.54 Å². The van der Waals surface area contributed by atoms with Gasteiger partial charge in [0.15, 0.2) is 0 Å². The number of hydrogen-bond donors (Lipinski definition) is 1. The molecule has 1 amide bonds. The lowest BCUT2D eigenvalue weighted by Crippen LogP contribution is -2.64. The van der Waals surface area contributed by atoms with Gasteiger partial charge >= 0.3 is 0 Å². The Labute approximate surface area is 116 Å². The van der Waals surface area contributed by atoms with Crippen LogP contribution in [0.5, 0.6) is 0 Å². The van der Waals surface area contributed by atoms with Crippen molar-refractivity contribution in [1.29, 1.82) is 0 Å². The predicted octanol–water partition coefficient (Wildman–Crippen LogP) is 2.17. The third-order valence-corrected chi connectivity index (χ3v) is 6.18. The van der Waals surface area contributed by atoms with E-state index >= 15 is 0 Å². The zero-order valence-electron chi connectivity index (χ0n) is 11.9. The van der Waals surface area contributed by atoms with E-state index < -0.39 is 0 Å². The van der Waals surface area contributed by atoms with Gasteiger partial charge in [-0.2, -0.15) is 0 Å². The van der Waals surface area contributed by atoms with E-state index in [9.17, 15) is 4.79 Å². The zero-order chi connectivity index (χ0) is 12.9. The van der Waals surface area contributed by atoms with Gasteiger partial charge in [0.1, 0.15) is 0 Å². The summed E-state index contributed by atoms with van der Waals surface area (Å²) in [6.45, 7) is 2.98. The number of amides is 1. The van der Waals surface area contributed by atoms with E-state index in [1.165, 1.54) is 51.4 Å². The van der Waals surface area contributed by atoms with Crippen LogP contribution in [0.2, 0.25) is 0 Å². The average Bonchev–Trinajstić information content (AvgIpc) is 3.06. The molecule has 19 heavy (non-hydrogen) atoms. The Morgan fingerprint density at radius 1 is 1.05 bits per heavy atom. The minimum Gasteiger partial charge on any atom is -0.334 e. The summed E-state index contributed by atoms with van der Waals surface area (Å²) >= 11 is 0. The Bertz CT molecular complexity index is 357. The fourth-order valence-corrected chi connectivity index (χ4v) is 4.98. The van der Waals surface area contributed by atoms with Crippen molar-refractivity contribution in [3.8, 4) is 0 Å². The molecule has 2 unspecified atom stereocenters. The van der Waals surface area contributed by atoms with E-state index in [1.54, 1.807) is 0 Å². The second-order valence-corrected chi connectivity index (χ2v) is 7.38. The average molecular weight is 262 g/mol. The Morgan fingerprint density at radius 3 is 2.53 bits per heavy atom. The van der Waals surface area contributed by atoms with E-state index in [0.717, 1.165) is 31.5 Å². The normalized spacial score (nSPS) is 40.2. The smallest absolute Gasteiger partial charge is 0.226 e. The SMILES string of the molecule is O=C(C1CC2CC2C1)N1CCNCC12CCCCC2. The van der Waals surface area contributed by atoms with Crippen molar-refractivity contribution in [2.24, 2.45) is 17.8 Å².